The molecular formula is C36H44N6O4S. The second-order valence-corrected chi connectivity index (χ2v) is 15.6. The predicted octanol–water partition coefficient (Wildman–Crippen LogP) is 6.47. The smallest absolute Gasteiger partial charge is 0.324 e. The Morgan fingerprint density at radius 3 is 2.36 bits per heavy atom. The van der Waals surface area contributed by atoms with Gasteiger partial charge in [0.1, 0.15) is 18.2 Å². The van der Waals surface area contributed by atoms with Gasteiger partial charge in [-0.2, -0.15) is 5.10 Å². The number of aryl methyl sites for hydroxylation is 1. The maximum atomic E-state index is 14.3. The first-order chi connectivity index (χ1) is 22.4. The molecule has 1 atom stereocenters. The van der Waals surface area contributed by atoms with E-state index >= 15 is 0 Å². The molecule has 1 aromatic heterocycles. The molecule has 0 bridgehead atoms. The van der Waals surface area contributed by atoms with Gasteiger partial charge >= 0.3 is 6.03 Å². The second kappa shape index (κ2) is 13.0. The molecule has 10 nitrogen and oxygen atoms in total. The van der Waals surface area contributed by atoms with E-state index in [0.717, 1.165) is 55.1 Å². The Morgan fingerprint density at radius 1 is 0.979 bits per heavy atom. The van der Waals surface area contributed by atoms with Crippen LogP contribution in [-0.4, -0.2) is 57.5 Å². The van der Waals surface area contributed by atoms with Crippen molar-refractivity contribution in [3.05, 3.63) is 89.6 Å². The monoisotopic (exact) mass is 656 g/mol. The Labute approximate surface area is 277 Å². The molecule has 248 valence electrons. The standard InChI is InChI=1S/C36H44N6O4S/c1-24-6-12-28(13-7-24)42-33(23-32(40-42)36(2,3)4)39-35(43)38-27-10-8-25(9-11-27)34(26-16-18-37-19-17-26)47(44,45)29-14-15-30-31(22-29)46-21-20-41(30)5/h6-15,22-23,26,34,37H,16-21H2,1-5H3,(H2,38,39,43). The topological polar surface area (TPSA) is 118 Å². The molecule has 6 rings (SSSR count). The number of piperidine rings is 1. The van der Waals surface area contributed by atoms with Gasteiger partial charge < -0.3 is 20.3 Å². The lowest BCUT2D eigenvalue weighted by atomic mass is 9.90. The number of nitrogens with zero attached hydrogens (tertiary/aromatic N) is 3. The number of amides is 2. The zero-order chi connectivity index (χ0) is 33.3. The van der Waals surface area contributed by atoms with Crippen LogP contribution in [-0.2, 0) is 15.3 Å². The third-order valence-corrected chi connectivity index (χ3v) is 11.2. The number of carbonyl (C=O) groups is 1. The Balaban J connectivity index is 1.24. The molecule has 1 unspecified atom stereocenters. The Hall–Kier alpha value is -4.35. The minimum absolute atomic E-state index is 0.0537. The maximum Gasteiger partial charge on any atom is 0.324 e. The molecule has 1 fully saturated rings. The van der Waals surface area contributed by atoms with E-state index in [2.05, 4.69) is 41.6 Å². The normalized spacial score (nSPS) is 16.2. The minimum Gasteiger partial charge on any atom is -0.490 e. The van der Waals surface area contributed by atoms with Gasteiger partial charge in [-0.15, -0.1) is 0 Å². The number of hydrogen-bond acceptors (Lipinski definition) is 7. The molecule has 2 aliphatic heterocycles. The summed E-state index contributed by atoms with van der Waals surface area (Å²) in [6, 6.07) is 21.8. The highest BCUT2D eigenvalue weighted by Crippen LogP contribution is 2.42. The van der Waals surface area contributed by atoms with Gasteiger partial charge in [-0.25, -0.2) is 17.9 Å². The van der Waals surface area contributed by atoms with E-state index in [4.69, 9.17) is 9.84 Å². The summed E-state index contributed by atoms with van der Waals surface area (Å²) in [7, 11) is -1.78. The molecule has 0 aliphatic carbocycles. The molecule has 2 amide bonds. The second-order valence-electron chi connectivity index (χ2n) is 13.6. The molecule has 47 heavy (non-hydrogen) atoms. The van der Waals surface area contributed by atoms with E-state index in [-0.39, 0.29) is 16.2 Å². The average molecular weight is 657 g/mol. The first kappa shape index (κ1) is 32.6. The Bertz CT molecular complexity index is 1840. The minimum atomic E-state index is -3.76. The van der Waals surface area contributed by atoms with Crippen molar-refractivity contribution in [1.29, 1.82) is 0 Å². The van der Waals surface area contributed by atoms with Gasteiger partial charge in [0.05, 0.1) is 33.8 Å². The van der Waals surface area contributed by atoms with Gasteiger partial charge in [-0.1, -0.05) is 50.6 Å². The number of likely N-dealkylation sites (N-methyl/N-ethyl adjacent to an activating group) is 1. The van der Waals surface area contributed by atoms with E-state index in [9.17, 15) is 13.2 Å². The summed E-state index contributed by atoms with van der Waals surface area (Å²) < 4.78 is 36.2. The van der Waals surface area contributed by atoms with Crippen molar-refractivity contribution in [2.75, 3.05) is 48.8 Å². The van der Waals surface area contributed by atoms with Crippen LogP contribution in [0.25, 0.3) is 5.69 Å². The molecule has 3 aromatic carbocycles. The largest absolute Gasteiger partial charge is 0.490 e. The molecule has 4 aromatic rings. The number of benzene rings is 3. The summed E-state index contributed by atoms with van der Waals surface area (Å²) in [6.07, 6.45) is 1.50. The van der Waals surface area contributed by atoms with Crippen LogP contribution in [0.5, 0.6) is 5.75 Å². The van der Waals surface area contributed by atoms with Crippen molar-refractivity contribution in [3.8, 4) is 11.4 Å². The van der Waals surface area contributed by atoms with Gasteiger partial charge in [0.15, 0.2) is 9.84 Å². The number of aromatic nitrogens is 2. The zero-order valence-corrected chi connectivity index (χ0v) is 28.5. The maximum absolute atomic E-state index is 14.3. The van der Waals surface area contributed by atoms with Crippen LogP contribution in [0.4, 0.5) is 22.0 Å². The number of fused-ring (bicyclic) bond motifs is 1. The summed E-state index contributed by atoms with van der Waals surface area (Å²) in [6.45, 7) is 11.1. The molecule has 1 saturated heterocycles. The Morgan fingerprint density at radius 2 is 1.68 bits per heavy atom. The number of urea groups is 1. The fourth-order valence-corrected chi connectivity index (χ4v) is 8.38. The van der Waals surface area contributed by atoms with Gasteiger partial charge in [-0.3, -0.25) is 5.32 Å². The summed E-state index contributed by atoms with van der Waals surface area (Å²) in [5.74, 6) is 1.08. The lowest BCUT2D eigenvalue weighted by Gasteiger charge is -2.32. The van der Waals surface area contributed by atoms with Gasteiger partial charge in [-0.05, 0) is 80.7 Å². The first-order valence-electron chi connectivity index (χ1n) is 16.2. The summed E-state index contributed by atoms with van der Waals surface area (Å²) in [4.78, 5) is 15.6. The highest BCUT2D eigenvalue weighted by atomic mass is 32.2. The van der Waals surface area contributed by atoms with Crippen molar-refractivity contribution in [1.82, 2.24) is 15.1 Å². The third-order valence-electron chi connectivity index (χ3n) is 9.00. The van der Waals surface area contributed by atoms with E-state index < -0.39 is 21.1 Å². The van der Waals surface area contributed by atoms with Gasteiger partial charge in [0.2, 0.25) is 0 Å². The number of anilines is 3. The molecular weight excluding hydrogens is 613 g/mol. The van der Waals surface area contributed by atoms with Crippen LogP contribution in [0.3, 0.4) is 0 Å². The van der Waals surface area contributed by atoms with E-state index in [1.807, 2.05) is 62.5 Å². The number of rotatable bonds is 7. The first-order valence-corrected chi connectivity index (χ1v) is 17.7. The number of ether oxygens (including phenoxy) is 1. The molecule has 0 saturated carbocycles. The molecule has 3 heterocycles. The molecule has 2 aliphatic rings. The quantitative estimate of drug-likeness (QED) is 0.209. The fourth-order valence-electron chi connectivity index (χ4n) is 6.27. The SMILES string of the molecule is Cc1ccc(-n2nc(C(C)(C)C)cc2NC(=O)Nc2ccc(C(C3CCNCC3)S(=O)(=O)c3ccc4c(c3)OCCN4C)cc2)cc1. The lowest BCUT2D eigenvalue weighted by molar-refractivity contribution is 0.262. The summed E-state index contributed by atoms with van der Waals surface area (Å²) in [5, 5.41) is 13.3. The van der Waals surface area contributed by atoms with Crippen molar-refractivity contribution >= 4 is 33.1 Å². The van der Waals surface area contributed by atoms with Crippen molar-refractivity contribution < 1.29 is 17.9 Å². The molecule has 0 radical (unpaired) electrons. The van der Waals surface area contributed by atoms with E-state index in [0.29, 0.717) is 29.4 Å². The predicted molar refractivity (Wildman–Crippen MR) is 187 cm³/mol. The molecule has 11 heteroatoms. The van der Waals surface area contributed by atoms with Gasteiger partial charge in [0.25, 0.3) is 0 Å². The summed E-state index contributed by atoms with van der Waals surface area (Å²) in [5.41, 5.74) is 4.74. The molecule has 0 spiro atoms. The Kier molecular flexibility index (Phi) is 9.04. The highest BCUT2D eigenvalue weighted by Gasteiger charge is 2.37. The number of nitrogens with one attached hydrogen (secondary N) is 3. The van der Waals surface area contributed by atoms with Crippen LogP contribution in [0, 0.1) is 12.8 Å². The number of sulfone groups is 1. The number of carbonyl (C=O) groups excluding carboxylic acids is 1. The lowest BCUT2D eigenvalue weighted by Crippen LogP contribution is -2.34. The highest BCUT2D eigenvalue weighted by molar-refractivity contribution is 7.91. The average Bonchev–Trinajstić information content (AvgIpc) is 3.47. The number of hydrogen-bond donors (Lipinski definition) is 3. The van der Waals surface area contributed by atoms with Crippen LogP contribution in [0.15, 0.2) is 77.7 Å². The van der Waals surface area contributed by atoms with Crippen LogP contribution in [0.2, 0.25) is 0 Å². The molecule has 3 N–H and O–H groups in total. The van der Waals surface area contributed by atoms with Crippen molar-refractivity contribution in [3.63, 3.8) is 0 Å². The van der Waals surface area contributed by atoms with Crippen molar-refractivity contribution in [2.24, 2.45) is 5.92 Å². The van der Waals surface area contributed by atoms with Crippen LogP contribution >= 0.6 is 0 Å². The van der Waals surface area contributed by atoms with E-state index in [1.54, 1.807) is 28.9 Å². The third kappa shape index (κ3) is 7.01. The fraction of sp³-hybridized carbons (Fsp3) is 0.389. The van der Waals surface area contributed by atoms with Gasteiger partial charge in [0, 0.05) is 30.3 Å². The van der Waals surface area contributed by atoms with E-state index in [1.165, 1.54) is 0 Å². The van der Waals surface area contributed by atoms with Crippen LogP contribution < -0.4 is 25.6 Å². The zero-order valence-electron chi connectivity index (χ0n) is 27.7. The van der Waals surface area contributed by atoms with Crippen LogP contribution in [0.1, 0.15) is 55.7 Å². The summed E-state index contributed by atoms with van der Waals surface area (Å²) >= 11 is 0. The van der Waals surface area contributed by atoms with Crippen molar-refractivity contribution in [2.45, 2.75) is 56.1 Å².